The number of carbonyl (C=O) groups excluding carboxylic acids is 1. The van der Waals surface area contributed by atoms with Gasteiger partial charge in [0.25, 0.3) is 5.91 Å². The number of nitrogens with zero attached hydrogens (tertiary/aromatic N) is 1. The molecule has 0 aliphatic carbocycles. The Kier molecular flexibility index (Phi) is 7.45. The van der Waals surface area contributed by atoms with E-state index in [1.165, 1.54) is 7.11 Å². The Morgan fingerprint density at radius 3 is 2.59 bits per heavy atom. The third kappa shape index (κ3) is 5.89. The number of hydrogen-bond acceptors (Lipinski definition) is 4. The molecule has 27 heavy (non-hydrogen) atoms. The maximum Gasteiger partial charge on any atom is 0.266 e. The topological polar surface area (TPSA) is 71.3 Å². The molecule has 5 nitrogen and oxygen atoms in total. The number of methoxy groups -OCH3 is 1. The van der Waals surface area contributed by atoms with Crippen molar-refractivity contribution in [2.24, 2.45) is 0 Å². The monoisotopic (exact) mass is 364 g/mol. The van der Waals surface area contributed by atoms with Crippen molar-refractivity contribution >= 4 is 17.7 Å². The zero-order valence-electron chi connectivity index (χ0n) is 15.9. The number of ether oxygens (including phenoxy) is 2. The van der Waals surface area contributed by atoms with Crippen LogP contribution in [0.25, 0.3) is 6.08 Å². The molecule has 0 fully saturated rings. The van der Waals surface area contributed by atoms with Crippen LogP contribution in [0.5, 0.6) is 11.5 Å². The van der Waals surface area contributed by atoms with E-state index >= 15 is 0 Å². The molecule has 0 aliphatic rings. The van der Waals surface area contributed by atoms with Crippen molar-refractivity contribution in [3.63, 3.8) is 0 Å². The van der Waals surface area contributed by atoms with Crippen LogP contribution in [-0.2, 0) is 4.79 Å². The summed E-state index contributed by atoms with van der Waals surface area (Å²) in [6, 6.07) is 14.7. The van der Waals surface area contributed by atoms with Gasteiger partial charge in [0.2, 0.25) is 0 Å². The molecule has 2 rings (SSSR count). The van der Waals surface area contributed by atoms with E-state index < -0.39 is 5.91 Å². The summed E-state index contributed by atoms with van der Waals surface area (Å²) in [4.78, 5) is 12.5. The molecule has 0 aromatic heterocycles. The van der Waals surface area contributed by atoms with Crippen molar-refractivity contribution in [1.82, 2.24) is 0 Å². The van der Waals surface area contributed by atoms with Crippen molar-refractivity contribution in [3.8, 4) is 17.6 Å². The molecular weight excluding hydrogens is 340 g/mol. The molecule has 0 aliphatic heterocycles. The first-order chi connectivity index (χ1) is 13.1. The maximum atomic E-state index is 12.5. The van der Waals surface area contributed by atoms with Gasteiger partial charge in [-0.15, -0.1) is 0 Å². The molecule has 0 radical (unpaired) electrons. The van der Waals surface area contributed by atoms with Crippen molar-refractivity contribution in [2.45, 2.75) is 26.7 Å². The number of nitriles is 1. The predicted molar refractivity (Wildman–Crippen MR) is 107 cm³/mol. The molecule has 0 heterocycles. The molecule has 5 heteroatoms. The number of rotatable bonds is 8. The second-order valence-corrected chi connectivity index (χ2v) is 6.10. The predicted octanol–water partition coefficient (Wildman–Crippen LogP) is 4.73. The van der Waals surface area contributed by atoms with Crippen LogP contribution in [0.2, 0.25) is 0 Å². The van der Waals surface area contributed by atoms with E-state index in [1.807, 2.05) is 43.3 Å². The Morgan fingerprint density at radius 2 is 1.96 bits per heavy atom. The average Bonchev–Trinajstić information content (AvgIpc) is 2.67. The number of carbonyl (C=O) groups is 1. The fourth-order valence-corrected chi connectivity index (χ4v) is 2.42. The summed E-state index contributed by atoms with van der Waals surface area (Å²) in [5.74, 6) is 0.831. The molecule has 2 aromatic carbocycles. The first kappa shape index (κ1) is 20.1. The highest BCUT2D eigenvalue weighted by molar-refractivity contribution is 6.10. The van der Waals surface area contributed by atoms with Gasteiger partial charge in [0.1, 0.15) is 23.1 Å². The number of hydrogen-bond donors (Lipinski definition) is 1. The van der Waals surface area contributed by atoms with Crippen LogP contribution in [-0.4, -0.2) is 19.6 Å². The SMILES string of the molecule is CCCCOc1ccc(/C=C(\C#N)C(=O)Nc2cc(C)ccc2OC)cc1. The number of amides is 1. The Labute approximate surface area is 160 Å². The smallest absolute Gasteiger partial charge is 0.266 e. The summed E-state index contributed by atoms with van der Waals surface area (Å²) >= 11 is 0. The fourth-order valence-electron chi connectivity index (χ4n) is 2.42. The summed E-state index contributed by atoms with van der Waals surface area (Å²) in [6.45, 7) is 4.70. The van der Waals surface area contributed by atoms with Crippen molar-refractivity contribution < 1.29 is 14.3 Å². The third-order valence-electron chi connectivity index (χ3n) is 3.93. The molecule has 0 saturated heterocycles. The molecular formula is C22H24N2O3. The molecule has 0 bridgehead atoms. The van der Waals surface area contributed by atoms with Crippen LogP contribution < -0.4 is 14.8 Å². The van der Waals surface area contributed by atoms with Gasteiger partial charge in [-0.3, -0.25) is 4.79 Å². The highest BCUT2D eigenvalue weighted by Gasteiger charge is 2.12. The summed E-state index contributed by atoms with van der Waals surface area (Å²) < 4.78 is 10.9. The summed E-state index contributed by atoms with van der Waals surface area (Å²) in [6.07, 6.45) is 3.63. The second-order valence-electron chi connectivity index (χ2n) is 6.10. The molecule has 1 amide bonds. The van der Waals surface area contributed by atoms with E-state index in [9.17, 15) is 10.1 Å². The number of anilines is 1. The Morgan fingerprint density at radius 1 is 1.22 bits per heavy atom. The van der Waals surface area contributed by atoms with Crippen LogP contribution in [0.3, 0.4) is 0 Å². The zero-order valence-corrected chi connectivity index (χ0v) is 15.9. The highest BCUT2D eigenvalue weighted by atomic mass is 16.5. The minimum atomic E-state index is -0.482. The minimum Gasteiger partial charge on any atom is -0.495 e. The normalized spacial score (nSPS) is 10.8. The molecule has 140 valence electrons. The number of unbranched alkanes of at least 4 members (excludes halogenated alkanes) is 1. The van der Waals surface area contributed by atoms with Gasteiger partial charge in [0.15, 0.2) is 0 Å². The van der Waals surface area contributed by atoms with Crippen LogP contribution in [0.15, 0.2) is 48.0 Å². The minimum absolute atomic E-state index is 0.0122. The van der Waals surface area contributed by atoms with E-state index in [-0.39, 0.29) is 5.57 Å². The van der Waals surface area contributed by atoms with Crippen LogP contribution >= 0.6 is 0 Å². The van der Waals surface area contributed by atoms with Crippen LogP contribution in [0.1, 0.15) is 30.9 Å². The quantitative estimate of drug-likeness (QED) is 0.418. The molecule has 0 spiro atoms. The van der Waals surface area contributed by atoms with Gasteiger partial charge in [0.05, 0.1) is 19.4 Å². The van der Waals surface area contributed by atoms with Gasteiger partial charge >= 0.3 is 0 Å². The summed E-state index contributed by atoms with van der Waals surface area (Å²) in [7, 11) is 1.53. The largest absolute Gasteiger partial charge is 0.495 e. The van der Waals surface area contributed by atoms with Crippen LogP contribution in [0, 0.1) is 18.3 Å². The molecule has 0 unspecified atom stereocenters. The lowest BCUT2D eigenvalue weighted by molar-refractivity contribution is -0.112. The van der Waals surface area contributed by atoms with E-state index in [2.05, 4.69) is 12.2 Å². The molecule has 2 aromatic rings. The lowest BCUT2D eigenvalue weighted by Crippen LogP contribution is -2.14. The Bertz CT molecular complexity index is 849. The maximum absolute atomic E-state index is 12.5. The van der Waals surface area contributed by atoms with Gasteiger partial charge in [0, 0.05) is 0 Å². The Hall–Kier alpha value is -3.26. The standard InChI is InChI=1S/C22H24N2O3/c1-4-5-12-27-19-9-7-17(8-10-19)14-18(15-23)22(25)24-20-13-16(2)6-11-21(20)26-3/h6-11,13-14H,4-5,12H2,1-3H3,(H,24,25)/b18-14+. The second kappa shape index (κ2) is 10.0. The first-order valence-electron chi connectivity index (χ1n) is 8.88. The van der Waals surface area contributed by atoms with Gasteiger partial charge in [-0.1, -0.05) is 31.5 Å². The summed E-state index contributed by atoms with van der Waals surface area (Å²) in [5, 5.41) is 12.1. The van der Waals surface area contributed by atoms with Gasteiger partial charge < -0.3 is 14.8 Å². The molecule has 0 atom stereocenters. The molecule has 0 saturated carbocycles. The van der Waals surface area contributed by atoms with Crippen LogP contribution in [0.4, 0.5) is 5.69 Å². The Balaban J connectivity index is 2.12. The first-order valence-corrected chi connectivity index (χ1v) is 8.88. The van der Waals surface area contributed by atoms with E-state index in [4.69, 9.17) is 9.47 Å². The lowest BCUT2D eigenvalue weighted by atomic mass is 10.1. The summed E-state index contributed by atoms with van der Waals surface area (Å²) in [5.41, 5.74) is 2.27. The number of nitrogens with one attached hydrogen (secondary N) is 1. The third-order valence-corrected chi connectivity index (χ3v) is 3.93. The van der Waals surface area contributed by atoms with Crippen molar-refractivity contribution in [1.29, 1.82) is 5.26 Å². The fraction of sp³-hybridized carbons (Fsp3) is 0.273. The van der Waals surface area contributed by atoms with Crippen molar-refractivity contribution in [3.05, 3.63) is 59.2 Å². The number of benzene rings is 2. The van der Waals surface area contributed by atoms with E-state index in [1.54, 1.807) is 18.2 Å². The zero-order chi connectivity index (χ0) is 19.6. The lowest BCUT2D eigenvalue weighted by Gasteiger charge is -2.10. The van der Waals surface area contributed by atoms with Gasteiger partial charge in [-0.25, -0.2) is 0 Å². The van der Waals surface area contributed by atoms with Gasteiger partial charge in [-0.2, -0.15) is 5.26 Å². The highest BCUT2D eigenvalue weighted by Crippen LogP contribution is 2.26. The van der Waals surface area contributed by atoms with E-state index in [0.717, 1.165) is 29.7 Å². The number of aryl methyl sites for hydroxylation is 1. The van der Waals surface area contributed by atoms with E-state index in [0.29, 0.717) is 18.0 Å². The average molecular weight is 364 g/mol. The van der Waals surface area contributed by atoms with Crippen molar-refractivity contribution in [2.75, 3.05) is 19.0 Å². The van der Waals surface area contributed by atoms with Gasteiger partial charge in [-0.05, 0) is 54.8 Å². The molecule has 1 N–H and O–H groups in total.